The van der Waals surface area contributed by atoms with Crippen LogP contribution in [-0.4, -0.2) is 25.9 Å². The number of aromatic nitrogens is 4. The van der Waals surface area contributed by atoms with Crippen molar-refractivity contribution < 1.29 is 4.79 Å². The van der Waals surface area contributed by atoms with Gasteiger partial charge >= 0.3 is 0 Å². The molecule has 21 heavy (non-hydrogen) atoms. The van der Waals surface area contributed by atoms with Crippen LogP contribution in [0.15, 0.2) is 29.2 Å². The second-order valence-corrected chi connectivity index (χ2v) is 6.26. The molecule has 3 aromatic rings. The monoisotopic (exact) mass is 319 g/mol. The summed E-state index contributed by atoms with van der Waals surface area (Å²) in [5.74, 6) is -0.0869. The molecule has 0 saturated carbocycles. The zero-order chi connectivity index (χ0) is 14.7. The number of anilines is 1. The molecule has 0 bridgehead atoms. The number of amides is 1. The van der Waals surface area contributed by atoms with Crippen LogP contribution in [0.1, 0.15) is 12.0 Å². The Morgan fingerprint density at radius 3 is 3.05 bits per heavy atom. The van der Waals surface area contributed by atoms with Gasteiger partial charge in [-0.15, -0.1) is 10.2 Å². The SMILES string of the molecule is Cc1cnn(CCC(=O)Nc2nnc(-c3ccsc3)s2)c1. The number of thiophene rings is 1. The average Bonchev–Trinajstić information content (AvgIpc) is 3.16. The van der Waals surface area contributed by atoms with Crippen molar-refractivity contribution in [3.05, 3.63) is 34.8 Å². The van der Waals surface area contributed by atoms with E-state index in [1.165, 1.54) is 11.3 Å². The third-order valence-corrected chi connectivity index (χ3v) is 4.34. The Balaban J connectivity index is 1.55. The van der Waals surface area contributed by atoms with Crippen LogP contribution in [0.2, 0.25) is 0 Å². The number of carbonyl (C=O) groups excluding carboxylic acids is 1. The lowest BCUT2D eigenvalue weighted by atomic mass is 10.4. The Bertz CT molecular complexity index is 731. The highest BCUT2D eigenvalue weighted by Gasteiger charge is 2.10. The van der Waals surface area contributed by atoms with E-state index < -0.39 is 0 Å². The molecule has 0 aromatic carbocycles. The van der Waals surface area contributed by atoms with E-state index in [0.717, 1.165) is 16.1 Å². The first kappa shape index (κ1) is 13.9. The van der Waals surface area contributed by atoms with Crippen LogP contribution in [0, 0.1) is 6.92 Å². The third kappa shape index (κ3) is 3.53. The summed E-state index contributed by atoms with van der Waals surface area (Å²) in [6.07, 6.45) is 4.04. The maximum atomic E-state index is 11.9. The van der Waals surface area contributed by atoms with Crippen molar-refractivity contribution in [2.75, 3.05) is 5.32 Å². The van der Waals surface area contributed by atoms with Crippen molar-refractivity contribution in [3.8, 4) is 10.6 Å². The maximum Gasteiger partial charge on any atom is 0.228 e. The molecule has 0 unspecified atom stereocenters. The van der Waals surface area contributed by atoms with Crippen LogP contribution >= 0.6 is 22.7 Å². The molecule has 0 atom stereocenters. The molecule has 0 saturated heterocycles. The van der Waals surface area contributed by atoms with Gasteiger partial charge in [0, 0.05) is 30.1 Å². The van der Waals surface area contributed by atoms with Gasteiger partial charge in [-0.05, 0) is 23.9 Å². The average molecular weight is 319 g/mol. The van der Waals surface area contributed by atoms with Crippen LogP contribution < -0.4 is 5.32 Å². The summed E-state index contributed by atoms with van der Waals surface area (Å²) in [6, 6.07) is 1.98. The van der Waals surface area contributed by atoms with Crippen molar-refractivity contribution in [2.45, 2.75) is 19.9 Å². The summed E-state index contributed by atoms with van der Waals surface area (Å²) in [4.78, 5) is 11.9. The molecule has 0 aliphatic heterocycles. The van der Waals surface area contributed by atoms with Gasteiger partial charge in [-0.2, -0.15) is 16.4 Å². The highest BCUT2D eigenvalue weighted by molar-refractivity contribution is 7.19. The molecule has 6 nitrogen and oxygen atoms in total. The van der Waals surface area contributed by atoms with Crippen LogP contribution in [0.5, 0.6) is 0 Å². The number of nitrogens with zero attached hydrogens (tertiary/aromatic N) is 4. The van der Waals surface area contributed by atoms with E-state index in [1.807, 2.05) is 29.9 Å². The van der Waals surface area contributed by atoms with Crippen LogP contribution in [-0.2, 0) is 11.3 Å². The molecule has 0 aliphatic carbocycles. The minimum absolute atomic E-state index is 0.0869. The normalized spacial score (nSPS) is 10.7. The van der Waals surface area contributed by atoms with E-state index in [0.29, 0.717) is 18.1 Å². The molecule has 1 amide bonds. The number of hydrogen-bond donors (Lipinski definition) is 1. The molecule has 108 valence electrons. The lowest BCUT2D eigenvalue weighted by Gasteiger charge is -2.01. The summed E-state index contributed by atoms with van der Waals surface area (Å²) in [7, 11) is 0. The Labute approximate surface area is 129 Å². The smallest absolute Gasteiger partial charge is 0.228 e. The molecule has 0 aliphatic rings. The third-order valence-electron chi connectivity index (χ3n) is 2.77. The Morgan fingerprint density at radius 1 is 1.43 bits per heavy atom. The van der Waals surface area contributed by atoms with Crippen molar-refractivity contribution in [2.24, 2.45) is 0 Å². The molecule has 1 N–H and O–H groups in total. The second-order valence-electron chi connectivity index (χ2n) is 4.50. The summed E-state index contributed by atoms with van der Waals surface area (Å²) in [6.45, 7) is 2.52. The molecule has 0 fully saturated rings. The number of nitrogens with one attached hydrogen (secondary N) is 1. The van der Waals surface area contributed by atoms with Gasteiger partial charge in [0.2, 0.25) is 11.0 Å². The Hall–Kier alpha value is -2.06. The van der Waals surface area contributed by atoms with Crippen molar-refractivity contribution in [3.63, 3.8) is 0 Å². The Kier molecular flexibility index (Phi) is 4.07. The van der Waals surface area contributed by atoms with Gasteiger partial charge in [0.25, 0.3) is 0 Å². The summed E-state index contributed by atoms with van der Waals surface area (Å²) in [5, 5.41) is 20.3. The topological polar surface area (TPSA) is 72.7 Å². The molecule has 8 heteroatoms. The van der Waals surface area contributed by atoms with E-state index in [9.17, 15) is 4.79 Å². The molecule has 3 aromatic heterocycles. The zero-order valence-electron chi connectivity index (χ0n) is 11.3. The number of rotatable bonds is 5. The minimum Gasteiger partial charge on any atom is -0.300 e. The first-order chi connectivity index (χ1) is 10.2. The lowest BCUT2D eigenvalue weighted by Crippen LogP contribution is -2.14. The number of carbonyl (C=O) groups is 1. The summed E-state index contributed by atoms with van der Waals surface area (Å²) < 4.78 is 1.76. The highest BCUT2D eigenvalue weighted by atomic mass is 32.1. The summed E-state index contributed by atoms with van der Waals surface area (Å²) >= 11 is 2.98. The van der Waals surface area contributed by atoms with Crippen molar-refractivity contribution in [1.29, 1.82) is 0 Å². The quantitative estimate of drug-likeness (QED) is 0.785. The fourth-order valence-corrected chi connectivity index (χ4v) is 3.23. The van der Waals surface area contributed by atoms with E-state index in [1.54, 1.807) is 22.2 Å². The van der Waals surface area contributed by atoms with Gasteiger partial charge in [0.1, 0.15) is 5.01 Å². The first-order valence-corrected chi connectivity index (χ1v) is 8.11. The summed E-state index contributed by atoms with van der Waals surface area (Å²) in [5.41, 5.74) is 2.12. The van der Waals surface area contributed by atoms with E-state index in [2.05, 4.69) is 20.6 Å². The minimum atomic E-state index is -0.0869. The first-order valence-electron chi connectivity index (χ1n) is 6.36. The van der Waals surface area contributed by atoms with Gasteiger partial charge in [-0.1, -0.05) is 11.3 Å². The van der Waals surface area contributed by atoms with Gasteiger partial charge < -0.3 is 5.32 Å². The van der Waals surface area contributed by atoms with Crippen molar-refractivity contribution >= 4 is 33.7 Å². The zero-order valence-corrected chi connectivity index (χ0v) is 12.9. The number of hydrogen-bond acceptors (Lipinski definition) is 6. The molecule has 3 rings (SSSR count). The van der Waals surface area contributed by atoms with E-state index in [4.69, 9.17) is 0 Å². The van der Waals surface area contributed by atoms with Crippen LogP contribution in [0.3, 0.4) is 0 Å². The van der Waals surface area contributed by atoms with E-state index >= 15 is 0 Å². The van der Waals surface area contributed by atoms with E-state index in [-0.39, 0.29) is 5.91 Å². The maximum absolute atomic E-state index is 11.9. The largest absolute Gasteiger partial charge is 0.300 e. The Morgan fingerprint density at radius 2 is 2.33 bits per heavy atom. The standard InChI is InChI=1S/C13H13N5OS2/c1-9-6-14-18(7-9)4-2-11(19)15-13-17-16-12(21-13)10-3-5-20-8-10/h3,5-8H,2,4H2,1H3,(H,15,17,19). The van der Waals surface area contributed by atoms with Gasteiger partial charge in [0.15, 0.2) is 0 Å². The molecule has 0 radical (unpaired) electrons. The predicted octanol–water partition coefficient (Wildman–Crippen LogP) is 2.80. The van der Waals surface area contributed by atoms with Gasteiger partial charge in [0.05, 0.1) is 6.20 Å². The van der Waals surface area contributed by atoms with Crippen LogP contribution in [0.4, 0.5) is 5.13 Å². The fraction of sp³-hybridized carbons (Fsp3) is 0.231. The van der Waals surface area contributed by atoms with Crippen molar-refractivity contribution in [1.82, 2.24) is 20.0 Å². The molecular formula is C13H13N5OS2. The highest BCUT2D eigenvalue weighted by Crippen LogP contribution is 2.27. The lowest BCUT2D eigenvalue weighted by molar-refractivity contribution is -0.116. The second kappa shape index (κ2) is 6.15. The van der Waals surface area contributed by atoms with Gasteiger partial charge in [-0.25, -0.2) is 0 Å². The van der Waals surface area contributed by atoms with Gasteiger partial charge in [-0.3, -0.25) is 9.48 Å². The fourth-order valence-electron chi connectivity index (χ4n) is 1.76. The predicted molar refractivity (Wildman–Crippen MR) is 83.4 cm³/mol. The number of aryl methyl sites for hydroxylation is 2. The van der Waals surface area contributed by atoms with Crippen LogP contribution in [0.25, 0.3) is 10.6 Å². The molecule has 3 heterocycles. The molecular weight excluding hydrogens is 306 g/mol. The molecule has 0 spiro atoms.